The fourth-order valence-electron chi connectivity index (χ4n) is 4.80. The molecule has 0 fully saturated rings. The van der Waals surface area contributed by atoms with Crippen LogP contribution >= 0.6 is 0 Å². The maximum atomic E-state index is 12.5. The minimum absolute atomic E-state index is 0.0326. The van der Waals surface area contributed by atoms with Crippen LogP contribution in [0.1, 0.15) is 57.3 Å². The molecule has 0 spiro atoms. The average molecular weight is 578 g/mol. The molecular weight excluding hydrogens is 537 g/mol. The van der Waals surface area contributed by atoms with Crippen molar-refractivity contribution in [3.05, 3.63) is 107 Å². The second-order valence-corrected chi connectivity index (χ2v) is 10.2. The molecule has 4 heterocycles. The molecule has 0 aromatic carbocycles. The number of allylic oxidation sites excluding steroid dienone is 2. The highest BCUT2D eigenvalue weighted by Crippen LogP contribution is 2.41. The quantitative estimate of drug-likeness (QED) is 0.258. The van der Waals surface area contributed by atoms with Gasteiger partial charge in [0.15, 0.2) is 0 Å². The Morgan fingerprint density at radius 3 is 2.52 bits per heavy atom. The van der Waals surface area contributed by atoms with E-state index in [4.69, 9.17) is 10.2 Å². The zero-order valence-corrected chi connectivity index (χ0v) is 25.1. The molecule has 3 aromatic heterocycles. The van der Waals surface area contributed by atoms with Crippen LogP contribution in [-0.4, -0.2) is 43.5 Å². The van der Waals surface area contributed by atoms with Gasteiger partial charge < -0.3 is 20.8 Å². The molecule has 0 aliphatic carbocycles. The van der Waals surface area contributed by atoms with Crippen LogP contribution < -0.4 is 22.1 Å². The van der Waals surface area contributed by atoms with Crippen LogP contribution in [-0.2, 0) is 12.6 Å². The Morgan fingerprint density at radius 1 is 1.33 bits per heavy atom. The van der Waals surface area contributed by atoms with Crippen molar-refractivity contribution in [1.82, 2.24) is 35.2 Å². The topological polar surface area (TPSA) is 141 Å². The summed E-state index contributed by atoms with van der Waals surface area (Å²) in [6.45, 7) is 19.2. The highest BCUT2D eigenvalue weighted by molar-refractivity contribution is 5.87. The van der Waals surface area contributed by atoms with Crippen LogP contribution in [0.3, 0.4) is 0 Å². The monoisotopic (exact) mass is 577 g/mol. The van der Waals surface area contributed by atoms with Crippen LogP contribution in [0.4, 0.5) is 4.39 Å². The lowest BCUT2D eigenvalue weighted by Gasteiger charge is -2.36. The maximum absolute atomic E-state index is 12.5. The Labute approximate surface area is 245 Å². The number of halogens is 1. The fourth-order valence-corrected chi connectivity index (χ4v) is 4.80. The van der Waals surface area contributed by atoms with E-state index in [9.17, 15) is 9.18 Å². The van der Waals surface area contributed by atoms with E-state index < -0.39 is 11.3 Å². The number of hydrogen-bond acceptors (Lipinski definition) is 8. The summed E-state index contributed by atoms with van der Waals surface area (Å²) in [7, 11) is 3.49. The molecule has 11 nitrogen and oxygen atoms in total. The van der Waals surface area contributed by atoms with Crippen molar-refractivity contribution in [2.45, 2.75) is 51.7 Å². The first-order chi connectivity index (χ1) is 19.9. The van der Waals surface area contributed by atoms with E-state index >= 15 is 0 Å². The van der Waals surface area contributed by atoms with Crippen molar-refractivity contribution in [2.24, 2.45) is 23.7 Å². The second kappa shape index (κ2) is 13.4. The summed E-state index contributed by atoms with van der Waals surface area (Å²) in [5.74, 6) is 0.0354. The molecule has 3 atom stereocenters. The molecule has 224 valence electrons. The van der Waals surface area contributed by atoms with Gasteiger partial charge in [-0.15, -0.1) is 5.10 Å². The van der Waals surface area contributed by atoms with Crippen LogP contribution in [0.5, 0.6) is 0 Å². The van der Waals surface area contributed by atoms with E-state index in [0.29, 0.717) is 17.0 Å². The van der Waals surface area contributed by atoms with Gasteiger partial charge in [-0.25, -0.2) is 9.18 Å². The van der Waals surface area contributed by atoms with Crippen LogP contribution in [0, 0.1) is 11.7 Å². The Morgan fingerprint density at radius 2 is 2.05 bits per heavy atom. The van der Waals surface area contributed by atoms with Crippen molar-refractivity contribution < 1.29 is 8.81 Å². The summed E-state index contributed by atoms with van der Waals surface area (Å²) < 4.78 is 21.1. The number of nitrogens with two attached hydrogens (primary N) is 1. The van der Waals surface area contributed by atoms with Crippen LogP contribution in [0.2, 0.25) is 0 Å². The van der Waals surface area contributed by atoms with Crippen LogP contribution in [0.25, 0.3) is 5.70 Å². The van der Waals surface area contributed by atoms with Gasteiger partial charge in [-0.05, 0) is 51.0 Å². The lowest BCUT2D eigenvalue weighted by Crippen LogP contribution is -2.56. The van der Waals surface area contributed by atoms with E-state index in [2.05, 4.69) is 57.5 Å². The average Bonchev–Trinajstić information content (AvgIpc) is 3.69. The molecule has 0 amide bonds. The molecule has 0 bridgehead atoms. The smallest absolute Gasteiger partial charge is 0.390 e. The molecule has 12 heteroatoms. The number of pyridine rings is 1. The van der Waals surface area contributed by atoms with E-state index in [0.717, 1.165) is 29.7 Å². The molecule has 1 aliphatic rings. The lowest BCUT2D eigenvalue weighted by molar-refractivity contribution is 0.258. The minimum Gasteiger partial charge on any atom is -0.390 e. The standard InChI is InChI=1S/C20H28N6O2.C10H12FN3/c1-7-14-15(8-2)17(23-16(14)9-3)20(21,13-10-22-25(6)11-13)18-24-26(12(4)5)19(27)28-18;1-7(14-8(2)12-3)10-5-4-9(11)6-13-10/h7,9-12,15,17,23H,1,3,8,21H2,2,4-6H3;4-6H,1H2,2-3H3,(H,12,14). The number of rotatable bonds is 9. The summed E-state index contributed by atoms with van der Waals surface area (Å²) in [6.07, 6.45) is 9.05. The first kappa shape index (κ1) is 31.9. The molecule has 4 rings (SSSR count). The zero-order chi connectivity index (χ0) is 31.2. The summed E-state index contributed by atoms with van der Waals surface area (Å²) >= 11 is 0. The zero-order valence-electron chi connectivity index (χ0n) is 25.1. The SMILES string of the molecule is C=C(NC(C)=NC)c1ccc(F)cn1.C=CC1=C(C=C)C(CC)C(C(N)(c2cnn(C)c2)c2nn(C(C)C)c(=O)o2)N1. The number of hydrogen-bond donors (Lipinski definition) is 3. The second-order valence-electron chi connectivity index (χ2n) is 10.2. The summed E-state index contributed by atoms with van der Waals surface area (Å²) in [4.78, 5) is 20.2. The number of aryl methyl sites for hydroxylation is 1. The number of aliphatic imine (C=N–C) groups is 1. The molecule has 0 radical (unpaired) electrons. The van der Waals surface area contributed by atoms with Gasteiger partial charge in [-0.3, -0.25) is 14.7 Å². The van der Waals surface area contributed by atoms with Crippen molar-refractivity contribution in [3.8, 4) is 0 Å². The molecule has 3 aromatic rings. The molecule has 4 N–H and O–H groups in total. The summed E-state index contributed by atoms with van der Waals surface area (Å²) in [5, 5.41) is 15.1. The highest BCUT2D eigenvalue weighted by Gasteiger charge is 2.51. The van der Waals surface area contributed by atoms with Crippen molar-refractivity contribution in [2.75, 3.05) is 7.05 Å². The van der Waals surface area contributed by atoms with E-state index in [1.165, 1.54) is 10.7 Å². The third kappa shape index (κ3) is 6.49. The van der Waals surface area contributed by atoms with Gasteiger partial charge in [0, 0.05) is 37.5 Å². The minimum atomic E-state index is -1.22. The first-order valence-corrected chi connectivity index (χ1v) is 13.6. The Balaban J connectivity index is 0.000000291. The molecule has 3 unspecified atom stereocenters. The van der Waals surface area contributed by atoms with E-state index in [1.807, 2.05) is 40.1 Å². The molecule has 0 saturated carbocycles. The largest absolute Gasteiger partial charge is 0.437 e. The number of aromatic nitrogens is 5. The van der Waals surface area contributed by atoms with Gasteiger partial charge in [0.25, 0.3) is 0 Å². The van der Waals surface area contributed by atoms with E-state index in [1.54, 1.807) is 30.1 Å². The molecule has 0 saturated heterocycles. The van der Waals surface area contributed by atoms with E-state index in [-0.39, 0.29) is 29.7 Å². The van der Waals surface area contributed by atoms with Gasteiger partial charge in [0.2, 0.25) is 5.89 Å². The third-order valence-corrected chi connectivity index (χ3v) is 7.08. The highest BCUT2D eigenvalue weighted by atomic mass is 19.1. The molecular formula is C30H40FN9O2. The number of nitrogens with one attached hydrogen (secondary N) is 2. The van der Waals surface area contributed by atoms with Gasteiger partial charge in [-0.2, -0.15) is 9.78 Å². The Bertz CT molecular complexity index is 1540. The third-order valence-electron chi connectivity index (χ3n) is 7.08. The predicted octanol–water partition coefficient (Wildman–Crippen LogP) is 3.81. The summed E-state index contributed by atoms with van der Waals surface area (Å²) in [5.41, 5.74) is 9.63. The fraction of sp³-hybridized carbons (Fsp3) is 0.367. The normalized spacial score (nSPS) is 18.2. The van der Waals surface area contributed by atoms with Gasteiger partial charge >= 0.3 is 5.76 Å². The Kier molecular flexibility index (Phi) is 10.2. The number of nitrogens with zero attached hydrogens (tertiary/aromatic N) is 6. The van der Waals surface area contributed by atoms with Gasteiger partial charge in [0.1, 0.15) is 11.4 Å². The first-order valence-electron chi connectivity index (χ1n) is 13.6. The molecule has 1 aliphatic heterocycles. The van der Waals surface area contributed by atoms with Gasteiger partial charge in [0.05, 0.1) is 41.7 Å². The Hall–Kier alpha value is -4.58. The van der Waals surface area contributed by atoms with Crippen molar-refractivity contribution in [1.29, 1.82) is 0 Å². The lowest BCUT2D eigenvalue weighted by atomic mass is 9.76. The molecule has 42 heavy (non-hydrogen) atoms. The van der Waals surface area contributed by atoms with Gasteiger partial charge in [-0.1, -0.05) is 32.7 Å². The van der Waals surface area contributed by atoms with Crippen molar-refractivity contribution in [3.63, 3.8) is 0 Å². The maximum Gasteiger partial charge on any atom is 0.437 e. The summed E-state index contributed by atoms with van der Waals surface area (Å²) in [6, 6.07) is 2.44. The number of amidine groups is 1. The van der Waals surface area contributed by atoms with Crippen LogP contribution in [0.15, 0.2) is 88.1 Å². The van der Waals surface area contributed by atoms with Crippen molar-refractivity contribution >= 4 is 11.5 Å². The predicted molar refractivity (Wildman–Crippen MR) is 163 cm³/mol.